The highest BCUT2D eigenvalue weighted by Gasteiger charge is 2.55. The third kappa shape index (κ3) is 1.95. The van der Waals surface area contributed by atoms with Gasteiger partial charge in [-0.2, -0.15) is 0 Å². The summed E-state index contributed by atoms with van der Waals surface area (Å²) < 4.78 is 5.41. The Morgan fingerprint density at radius 2 is 1.88 bits per heavy atom. The number of hydrogen-bond acceptors (Lipinski definition) is 2. The van der Waals surface area contributed by atoms with Crippen LogP contribution in [0.3, 0.4) is 0 Å². The van der Waals surface area contributed by atoms with Gasteiger partial charge in [-0.25, -0.2) is 0 Å². The fourth-order valence-electron chi connectivity index (χ4n) is 3.50. The Labute approximate surface area is 103 Å². The van der Waals surface area contributed by atoms with Gasteiger partial charge in [-0.05, 0) is 55.2 Å². The molecule has 1 aromatic rings. The molecule has 0 aliphatic heterocycles. The molecule has 2 nitrogen and oxygen atoms in total. The Hall–Kier alpha value is -1.02. The molecule has 1 N–H and O–H groups in total. The van der Waals surface area contributed by atoms with Gasteiger partial charge in [-0.3, -0.25) is 0 Å². The Morgan fingerprint density at radius 1 is 1.24 bits per heavy atom. The van der Waals surface area contributed by atoms with Crippen LogP contribution >= 0.6 is 0 Å². The fourth-order valence-corrected chi connectivity index (χ4v) is 3.50. The molecule has 2 aliphatic carbocycles. The van der Waals surface area contributed by atoms with E-state index in [0.29, 0.717) is 12.5 Å². The van der Waals surface area contributed by atoms with Crippen molar-refractivity contribution in [1.29, 1.82) is 0 Å². The zero-order valence-corrected chi connectivity index (χ0v) is 10.3. The molecule has 2 heteroatoms. The summed E-state index contributed by atoms with van der Waals surface area (Å²) in [4.78, 5) is 0. The molecule has 0 amide bonds. The zero-order chi connectivity index (χ0) is 11.8. The maximum absolute atomic E-state index is 10.3. The van der Waals surface area contributed by atoms with Gasteiger partial charge < -0.3 is 9.84 Å². The number of rotatable bonds is 4. The summed E-state index contributed by atoms with van der Waals surface area (Å²) in [5.41, 5.74) is 1.05. The highest BCUT2D eigenvalue weighted by molar-refractivity contribution is 5.30. The second-order valence-electron chi connectivity index (χ2n) is 5.28. The lowest BCUT2D eigenvalue weighted by Crippen LogP contribution is -2.04. The van der Waals surface area contributed by atoms with Crippen molar-refractivity contribution in [2.75, 3.05) is 6.61 Å². The predicted octanol–water partition coefficient (Wildman–Crippen LogP) is 3.16. The predicted molar refractivity (Wildman–Crippen MR) is 66.9 cm³/mol. The molecule has 0 radical (unpaired) electrons. The molecular formula is C15H20O2. The summed E-state index contributed by atoms with van der Waals surface area (Å²) in [5, 5.41) is 10.3. The largest absolute Gasteiger partial charge is 0.494 e. The fraction of sp³-hybridized carbons (Fsp3) is 0.600. The first-order chi connectivity index (χ1) is 8.31. The number of ether oxygens (including phenoxy) is 1. The molecule has 0 saturated heterocycles. The Balaban J connectivity index is 1.67. The van der Waals surface area contributed by atoms with Crippen LogP contribution in [0, 0.1) is 17.8 Å². The number of aliphatic hydroxyl groups excluding tert-OH is 1. The lowest BCUT2D eigenvalue weighted by Gasteiger charge is -2.13. The second-order valence-corrected chi connectivity index (χ2v) is 5.28. The van der Waals surface area contributed by atoms with Crippen molar-refractivity contribution < 1.29 is 9.84 Å². The van der Waals surface area contributed by atoms with Crippen molar-refractivity contribution in [3.05, 3.63) is 29.8 Å². The van der Waals surface area contributed by atoms with Gasteiger partial charge in [-0.15, -0.1) is 0 Å². The standard InChI is InChI=1S/C15H20O2/c1-2-17-11-8-6-10(7-9-11)15(16)14-12-4-3-5-13(12)14/h6-9,12-16H,2-5H2,1H3. The molecule has 3 rings (SSSR count). The van der Waals surface area contributed by atoms with E-state index >= 15 is 0 Å². The van der Waals surface area contributed by atoms with E-state index in [2.05, 4.69) is 0 Å². The maximum atomic E-state index is 10.3. The maximum Gasteiger partial charge on any atom is 0.119 e. The Kier molecular flexibility index (Phi) is 2.83. The highest BCUT2D eigenvalue weighted by Crippen LogP contribution is 2.62. The molecule has 92 valence electrons. The normalized spacial score (nSPS) is 32.0. The molecule has 17 heavy (non-hydrogen) atoms. The average Bonchev–Trinajstić information content (AvgIpc) is 2.83. The van der Waals surface area contributed by atoms with Crippen LogP contribution in [0.4, 0.5) is 0 Å². The topological polar surface area (TPSA) is 29.5 Å². The van der Waals surface area contributed by atoms with E-state index in [1.54, 1.807) is 0 Å². The minimum Gasteiger partial charge on any atom is -0.494 e. The number of hydrogen-bond donors (Lipinski definition) is 1. The lowest BCUT2D eigenvalue weighted by atomic mass is 10.00. The molecule has 0 spiro atoms. The summed E-state index contributed by atoms with van der Waals surface area (Å²) in [6, 6.07) is 7.92. The first-order valence-electron chi connectivity index (χ1n) is 6.72. The van der Waals surface area contributed by atoms with Crippen LogP contribution in [0.2, 0.25) is 0 Å². The molecule has 2 aliphatic rings. The molecular weight excluding hydrogens is 212 g/mol. The van der Waals surface area contributed by atoms with Gasteiger partial charge in [0.05, 0.1) is 12.7 Å². The molecule has 3 unspecified atom stereocenters. The number of benzene rings is 1. The van der Waals surface area contributed by atoms with Crippen molar-refractivity contribution in [1.82, 2.24) is 0 Å². The van der Waals surface area contributed by atoms with Crippen LogP contribution in [0.15, 0.2) is 24.3 Å². The Morgan fingerprint density at radius 3 is 2.47 bits per heavy atom. The van der Waals surface area contributed by atoms with E-state index in [9.17, 15) is 5.11 Å². The molecule has 3 atom stereocenters. The average molecular weight is 232 g/mol. The van der Waals surface area contributed by atoms with Crippen LogP contribution in [0.1, 0.15) is 37.9 Å². The van der Waals surface area contributed by atoms with Gasteiger partial charge in [0, 0.05) is 0 Å². The first kappa shape index (κ1) is 11.1. The van der Waals surface area contributed by atoms with Crippen molar-refractivity contribution in [3.8, 4) is 5.75 Å². The zero-order valence-electron chi connectivity index (χ0n) is 10.3. The summed E-state index contributed by atoms with van der Waals surface area (Å²) in [5.74, 6) is 3.02. The van der Waals surface area contributed by atoms with E-state index in [-0.39, 0.29) is 6.10 Å². The van der Waals surface area contributed by atoms with Crippen LogP contribution in [0.25, 0.3) is 0 Å². The Bertz CT molecular complexity index is 374. The van der Waals surface area contributed by atoms with E-state index in [4.69, 9.17) is 4.74 Å². The number of fused-ring (bicyclic) bond motifs is 1. The van der Waals surface area contributed by atoms with Crippen LogP contribution < -0.4 is 4.74 Å². The third-order valence-electron chi connectivity index (χ3n) is 4.37. The highest BCUT2D eigenvalue weighted by atomic mass is 16.5. The summed E-state index contributed by atoms with van der Waals surface area (Å²) in [6.45, 7) is 2.67. The van der Waals surface area contributed by atoms with E-state index in [0.717, 1.165) is 23.1 Å². The summed E-state index contributed by atoms with van der Waals surface area (Å²) >= 11 is 0. The summed E-state index contributed by atoms with van der Waals surface area (Å²) in [6.07, 6.45) is 3.75. The van der Waals surface area contributed by atoms with Crippen molar-refractivity contribution >= 4 is 0 Å². The van der Waals surface area contributed by atoms with E-state index < -0.39 is 0 Å². The van der Waals surface area contributed by atoms with Gasteiger partial charge >= 0.3 is 0 Å². The van der Waals surface area contributed by atoms with Crippen LogP contribution in [-0.4, -0.2) is 11.7 Å². The van der Waals surface area contributed by atoms with E-state index in [1.807, 2.05) is 31.2 Å². The SMILES string of the molecule is CCOc1ccc(C(O)C2C3CCCC32)cc1. The van der Waals surface area contributed by atoms with Gasteiger partial charge in [-0.1, -0.05) is 18.6 Å². The van der Waals surface area contributed by atoms with Crippen molar-refractivity contribution in [2.45, 2.75) is 32.3 Å². The van der Waals surface area contributed by atoms with Crippen LogP contribution in [0.5, 0.6) is 5.75 Å². The minimum atomic E-state index is -0.263. The number of aliphatic hydroxyl groups is 1. The van der Waals surface area contributed by atoms with Gasteiger partial charge in [0.15, 0.2) is 0 Å². The summed E-state index contributed by atoms with van der Waals surface area (Å²) in [7, 11) is 0. The molecule has 1 aromatic carbocycles. The molecule has 2 fully saturated rings. The monoisotopic (exact) mass is 232 g/mol. The molecule has 0 aromatic heterocycles. The smallest absolute Gasteiger partial charge is 0.119 e. The quantitative estimate of drug-likeness (QED) is 0.864. The third-order valence-corrected chi connectivity index (χ3v) is 4.37. The molecule has 0 bridgehead atoms. The second kappa shape index (κ2) is 4.34. The minimum absolute atomic E-state index is 0.263. The molecule has 0 heterocycles. The van der Waals surface area contributed by atoms with Gasteiger partial charge in [0.1, 0.15) is 5.75 Å². The van der Waals surface area contributed by atoms with Crippen molar-refractivity contribution in [2.24, 2.45) is 17.8 Å². The molecule has 2 saturated carbocycles. The first-order valence-corrected chi connectivity index (χ1v) is 6.72. The van der Waals surface area contributed by atoms with Crippen LogP contribution in [-0.2, 0) is 0 Å². The van der Waals surface area contributed by atoms with Crippen molar-refractivity contribution in [3.63, 3.8) is 0 Å². The van der Waals surface area contributed by atoms with E-state index in [1.165, 1.54) is 19.3 Å². The van der Waals surface area contributed by atoms with Gasteiger partial charge in [0.25, 0.3) is 0 Å². The van der Waals surface area contributed by atoms with Gasteiger partial charge in [0.2, 0.25) is 0 Å². The lowest BCUT2D eigenvalue weighted by molar-refractivity contribution is 0.137.